The number of carbonyl (C=O) groups is 1. The van der Waals surface area contributed by atoms with Crippen LogP contribution in [0.15, 0.2) is 6.07 Å². The Bertz CT molecular complexity index is 406. The highest BCUT2D eigenvalue weighted by Gasteiger charge is 2.11. The van der Waals surface area contributed by atoms with Gasteiger partial charge in [0.2, 0.25) is 0 Å². The normalized spacial score (nSPS) is 12.0. The van der Waals surface area contributed by atoms with Crippen LogP contribution in [0.25, 0.3) is 0 Å². The first-order valence-electron chi connectivity index (χ1n) is 5.40. The first-order valence-corrected chi connectivity index (χ1v) is 5.40. The summed E-state index contributed by atoms with van der Waals surface area (Å²) in [6.07, 6.45) is 0. The summed E-state index contributed by atoms with van der Waals surface area (Å²) < 4.78 is 0. The van der Waals surface area contributed by atoms with E-state index in [1.165, 1.54) is 0 Å². The van der Waals surface area contributed by atoms with Crippen molar-refractivity contribution in [3.05, 3.63) is 11.9 Å². The van der Waals surface area contributed by atoms with Crippen LogP contribution in [0.2, 0.25) is 0 Å². The number of aryl methyl sites for hydroxylation is 1. The minimum atomic E-state index is -0.823. The smallest absolute Gasteiger partial charge is 0.308 e. The van der Waals surface area contributed by atoms with E-state index in [0.29, 0.717) is 18.2 Å². The van der Waals surface area contributed by atoms with Gasteiger partial charge in [0.25, 0.3) is 0 Å². The number of anilines is 2. The van der Waals surface area contributed by atoms with E-state index >= 15 is 0 Å². The Morgan fingerprint density at radius 2 is 2.18 bits per heavy atom. The third-order valence-corrected chi connectivity index (χ3v) is 2.29. The van der Waals surface area contributed by atoms with Gasteiger partial charge in [-0.2, -0.15) is 0 Å². The molecule has 0 saturated carbocycles. The third-order valence-electron chi connectivity index (χ3n) is 2.29. The largest absolute Gasteiger partial charge is 0.481 e. The molecule has 1 rings (SSSR count). The van der Waals surface area contributed by atoms with Crippen LogP contribution >= 0.6 is 0 Å². The van der Waals surface area contributed by atoms with Crippen molar-refractivity contribution in [2.45, 2.75) is 13.8 Å². The Morgan fingerprint density at radius 1 is 1.53 bits per heavy atom. The lowest BCUT2D eigenvalue weighted by molar-refractivity contribution is -0.140. The predicted octanol–water partition coefficient (Wildman–Crippen LogP) is 0.984. The van der Waals surface area contributed by atoms with Gasteiger partial charge < -0.3 is 15.3 Å². The standard InChI is InChI=1S/C11H18N4O2/c1-7(11(16)17)6-12-9-5-10(15(3)4)14-8(2)13-9/h5,7H,6H2,1-4H3,(H,16,17)(H,12,13,14). The number of hydrogen-bond acceptors (Lipinski definition) is 5. The number of aromatic nitrogens is 2. The maximum absolute atomic E-state index is 10.7. The van der Waals surface area contributed by atoms with Gasteiger partial charge in [-0.1, -0.05) is 6.92 Å². The molecule has 0 aliphatic heterocycles. The maximum atomic E-state index is 10.7. The Kier molecular flexibility index (Phi) is 4.25. The monoisotopic (exact) mass is 238 g/mol. The fraction of sp³-hybridized carbons (Fsp3) is 0.545. The van der Waals surface area contributed by atoms with Gasteiger partial charge in [-0.3, -0.25) is 4.79 Å². The van der Waals surface area contributed by atoms with E-state index in [-0.39, 0.29) is 0 Å². The van der Waals surface area contributed by atoms with Crippen molar-refractivity contribution >= 4 is 17.6 Å². The second-order valence-electron chi connectivity index (χ2n) is 4.17. The molecule has 17 heavy (non-hydrogen) atoms. The van der Waals surface area contributed by atoms with Crippen LogP contribution in [-0.2, 0) is 4.79 Å². The van der Waals surface area contributed by atoms with Crippen LogP contribution < -0.4 is 10.2 Å². The Hall–Kier alpha value is -1.85. The summed E-state index contributed by atoms with van der Waals surface area (Å²) in [5.74, 6) is 0.822. The second-order valence-corrected chi connectivity index (χ2v) is 4.17. The fourth-order valence-electron chi connectivity index (χ4n) is 1.22. The zero-order valence-electron chi connectivity index (χ0n) is 10.6. The van der Waals surface area contributed by atoms with Gasteiger partial charge >= 0.3 is 5.97 Å². The van der Waals surface area contributed by atoms with Gasteiger partial charge in [0.05, 0.1) is 5.92 Å². The molecule has 6 heteroatoms. The molecule has 0 aliphatic carbocycles. The lowest BCUT2D eigenvalue weighted by atomic mass is 10.2. The van der Waals surface area contributed by atoms with Crippen LogP contribution in [0.1, 0.15) is 12.7 Å². The summed E-state index contributed by atoms with van der Waals surface area (Å²) in [4.78, 5) is 21.0. The molecule has 0 bridgehead atoms. The summed E-state index contributed by atoms with van der Waals surface area (Å²) in [5.41, 5.74) is 0. The van der Waals surface area contributed by atoms with Crippen molar-refractivity contribution in [3.8, 4) is 0 Å². The van der Waals surface area contributed by atoms with E-state index in [2.05, 4.69) is 15.3 Å². The molecule has 0 aromatic carbocycles. The molecule has 1 aromatic rings. The molecular weight excluding hydrogens is 220 g/mol. The first kappa shape index (κ1) is 13.2. The number of aliphatic carboxylic acids is 1. The van der Waals surface area contributed by atoms with Crippen molar-refractivity contribution in [1.29, 1.82) is 0 Å². The Balaban J connectivity index is 2.74. The van der Waals surface area contributed by atoms with Gasteiger partial charge in [0, 0.05) is 26.7 Å². The van der Waals surface area contributed by atoms with E-state index in [1.54, 1.807) is 19.9 Å². The average molecular weight is 238 g/mol. The Morgan fingerprint density at radius 3 is 2.71 bits per heavy atom. The molecular formula is C11H18N4O2. The third kappa shape index (κ3) is 3.90. The van der Waals surface area contributed by atoms with E-state index in [9.17, 15) is 4.79 Å². The maximum Gasteiger partial charge on any atom is 0.308 e. The molecule has 0 spiro atoms. The van der Waals surface area contributed by atoms with Gasteiger partial charge in [-0.25, -0.2) is 9.97 Å². The van der Waals surface area contributed by atoms with E-state index in [4.69, 9.17) is 5.11 Å². The highest BCUT2D eigenvalue weighted by molar-refractivity contribution is 5.70. The number of carboxylic acid groups (broad SMARTS) is 1. The number of nitrogens with one attached hydrogen (secondary N) is 1. The van der Waals surface area contributed by atoms with Crippen molar-refractivity contribution in [3.63, 3.8) is 0 Å². The van der Waals surface area contributed by atoms with Crippen molar-refractivity contribution in [2.75, 3.05) is 30.9 Å². The van der Waals surface area contributed by atoms with Gasteiger partial charge in [-0.05, 0) is 6.92 Å². The van der Waals surface area contributed by atoms with Crippen LogP contribution in [0, 0.1) is 12.8 Å². The summed E-state index contributed by atoms with van der Waals surface area (Å²) in [5, 5.41) is 11.8. The zero-order chi connectivity index (χ0) is 13.0. The fourth-order valence-corrected chi connectivity index (χ4v) is 1.22. The number of rotatable bonds is 5. The molecule has 0 amide bonds. The molecule has 1 unspecified atom stereocenters. The molecule has 0 aliphatic rings. The zero-order valence-corrected chi connectivity index (χ0v) is 10.6. The molecule has 2 N–H and O–H groups in total. The molecule has 6 nitrogen and oxygen atoms in total. The number of hydrogen-bond donors (Lipinski definition) is 2. The minimum absolute atomic E-state index is 0.346. The van der Waals surface area contributed by atoms with Crippen molar-refractivity contribution in [2.24, 2.45) is 5.92 Å². The van der Waals surface area contributed by atoms with Crippen LogP contribution in [-0.4, -0.2) is 41.7 Å². The van der Waals surface area contributed by atoms with Crippen molar-refractivity contribution < 1.29 is 9.90 Å². The van der Waals surface area contributed by atoms with Crippen LogP contribution in [0.3, 0.4) is 0 Å². The molecule has 0 saturated heterocycles. The minimum Gasteiger partial charge on any atom is -0.481 e. The molecule has 0 radical (unpaired) electrons. The summed E-state index contributed by atoms with van der Waals surface area (Å²) >= 11 is 0. The van der Waals surface area contributed by atoms with E-state index in [1.807, 2.05) is 19.0 Å². The number of nitrogens with zero attached hydrogens (tertiary/aromatic N) is 3. The van der Waals surface area contributed by atoms with Crippen molar-refractivity contribution in [1.82, 2.24) is 9.97 Å². The lowest BCUT2D eigenvalue weighted by Gasteiger charge is -2.14. The highest BCUT2D eigenvalue weighted by Crippen LogP contribution is 2.13. The SMILES string of the molecule is Cc1nc(NCC(C)C(=O)O)cc(N(C)C)n1. The molecule has 1 atom stereocenters. The Labute approximate surface area is 101 Å². The summed E-state index contributed by atoms with van der Waals surface area (Å²) in [7, 11) is 3.79. The van der Waals surface area contributed by atoms with Gasteiger partial charge in [0.1, 0.15) is 17.5 Å². The topological polar surface area (TPSA) is 78.3 Å². The average Bonchev–Trinajstić information content (AvgIpc) is 2.24. The van der Waals surface area contributed by atoms with Crippen LogP contribution in [0.5, 0.6) is 0 Å². The van der Waals surface area contributed by atoms with E-state index in [0.717, 1.165) is 5.82 Å². The van der Waals surface area contributed by atoms with Crippen LogP contribution in [0.4, 0.5) is 11.6 Å². The summed E-state index contributed by atoms with van der Waals surface area (Å²) in [6.45, 7) is 3.80. The molecule has 1 aromatic heterocycles. The predicted molar refractivity (Wildman–Crippen MR) is 66.4 cm³/mol. The first-order chi connectivity index (χ1) is 7.90. The summed E-state index contributed by atoms with van der Waals surface area (Å²) in [6, 6.07) is 1.79. The lowest BCUT2D eigenvalue weighted by Crippen LogP contribution is -2.20. The number of carboxylic acids is 1. The second kappa shape index (κ2) is 5.47. The molecule has 0 fully saturated rings. The van der Waals surface area contributed by atoms with Gasteiger partial charge in [0.15, 0.2) is 0 Å². The molecule has 94 valence electrons. The van der Waals surface area contributed by atoms with Gasteiger partial charge in [-0.15, -0.1) is 0 Å². The quantitative estimate of drug-likeness (QED) is 0.796. The van der Waals surface area contributed by atoms with E-state index < -0.39 is 11.9 Å². The molecule has 1 heterocycles. The highest BCUT2D eigenvalue weighted by atomic mass is 16.4.